The third-order valence-corrected chi connectivity index (χ3v) is 6.02. The molecule has 4 heteroatoms. The Labute approximate surface area is 130 Å². The first-order chi connectivity index (χ1) is 10.1. The number of carboxylic acid groups (broad SMARTS) is 1. The maximum Gasteiger partial charge on any atom is 0.323 e. The van der Waals surface area contributed by atoms with Crippen LogP contribution in [0.15, 0.2) is 24.3 Å². The highest BCUT2D eigenvalue weighted by Crippen LogP contribution is 2.40. The quantitative estimate of drug-likeness (QED) is 0.846. The third-order valence-electron chi connectivity index (χ3n) is 4.67. The van der Waals surface area contributed by atoms with Crippen LogP contribution in [0.1, 0.15) is 43.2 Å². The number of rotatable bonds is 6. The van der Waals surface area contributed by atoms with E-state index in [-0.39, 0.29) is 0 Å². The minimum absolute atomic E-state index is 0.446. The van der Waals surface area contributed by atoms with E-state index in [2.05, 4.69) is 36.5 Å². The largest absolute Gasteiger partial charge is 0.480 e. The van der Waals surface area contributed by atoms with Gasteiger partial charge in [-0.1, -0.05) is 24.3 Å². The third kappa shape index (κ3) is 3.43. The fraction of sp³-hybridized carbons (Fsp3) is 0.588. The first-order valence-corrected chi connectivity index (χ1v) is 8.81. The Morgan fingerprint density at radius 2 is 2.14 bits per heavy atom. The molecule has 2 saturated carbocycles. The van der Waals surface area contributed by atoms with Crippen molar-refractivity contribution in [1.82, 2.24) is 5.32 Å². The zero-order valence-electron chi connectivity index (χ0n) is 12.5. The highest BCUT2D eigenvalue weighted by atomic mass is 32.2. The van der Waals surface area contributed by atoms with Gasteiger partial charge >= 0.3 is 5.97 Å². The van der Waals surface area contributed by atoms with Gasteiger partial charge in [0.05, 0.1) is 0 Å². The molecule has 0 aliphatic heterocycles. The molecule has 114 valence electrons. The summed E-state index contributed by atoms with van der Waals surface area (Å²) in [5.74, 6) is 0.324. The van der Waals surface area contributed by atoms with Crippen molar-refractivity contribution in [2.24, 2.45) is 0 Å². The number of carbonyl (C=O) groups is 1. The summed E-state index contributed by atoms with van der Waals surface area (Å²) in [4.78, 5) is 11.7. The molecular formula is C17H23NO2S. The number of hydrogen-bond donors (Lipinski definition) is 2. The van der Waals surface area contributed by atoms with E-state index in [0.29, 0.717) is 11.3 Å². The van der Waals surface area contributed by atoms with Crippen molar-refractivity contribution in [2.75, 3.05) is 0 Å². The fourth-order valence-corrected chi connectivity index (χ4v) is 4.55. The number of thioether (sulfide) groups is 1. The van der Waals surface area contributed by atoms with Crippen LogP contribution in [-0.4, -0.2) is 27.9 Å². The molecule has 0 saturated heterocycles. The van der Waals surface area contributed by atoms with E-state index in [4.69, 9.17) is 0 Å². The van der Waals surface area contributed by atoms with Crippen LogP contribution < -0.4 is 5.32 Å². The molecule has 0 heterocycles. The topological polar surface area (TPSA) is 49.3 Å². The maximum absolute atomic E-state index is 11.7. The second-order valence-corrected chi connectivity index (χ2v) is 7.70. The van der Waals surface area contributed by atoms with Crippen molar-refractivity contribution in [3.8, 4) is 0 Å². The number of carboxylic acids is 1. The van der Waals surface area contributed by atoms with Gasteiger partial charge in [0.15, 0.2) is 0 Å². The molecule has 2 unspecified atom stereocenters. The molecule has 3 nitrogen and oxygen atoms in total. The molecule has 21 heavy (non-hydrogen) atoms. The van der Waals surface area contributed by atoms with Crippen LogP contribution in [0.25, 0.3) is 0 Å². The molecular weight excluding hydrogens is 282 g/mol. The van der Waals surface area contributed by atoms with E-state index in [1.54, 1.807) is 0 Å². The van der Waals surface area contributed by atoms with Crippen molar-refractivity contribution in [1.29, 1.82) is 0 Å². The summed E-state index contributed by atoms with van der Waals surface area (Å²) < 4.78 is 0. The van der Waals surface area contributed by atoms with Crippen LogP contribution in [0.2, 0.25) is 0 Å². The van der Waals surface area contributed by atoms with E-state index in [1.165, 1.54) is 11.1 Å². The molecule has 0 amide bonds. The molecule has 3 rings (SSSR count). The molecule has 2 atom stereocenters. The molecule has 0 aromatic heterocycles. The predicted molar refractivity (Wildman–Crippen MR) is 86.6 cm³/mol. The van der Waals surface area contributed by atoms with Crippen molar-refractivity contribution in [3.63, 3.8) is 0 Å². The second kappa shape index (κ2) is 6.01. The second-order valence-electron chi connectivity index (χ2n) is 6.41. The monoisotopic (exact) mass is 305 g/mol. The smallest absolute Gasteiger partial charge is 0.323 e. The summed E-state index contributed by atoms with van der Waals surface area (Å²) in [6.45, 7) is 2.14. The van der Waals surface area contributed by atoms with E-state index in [9.17, 15) is 9.90 Å². The molecule has 2 N–H and O–H groups in total. The van der Waals surface area contributed by atoms with Gasteiger partial charge in [-0.3, -0.25) is 10.1 Å². The number of aryl methyl sites for hydroxylation is 1. The Hall–Kier alpha value is -1.00. The minimum Gasteiger partial charge on any atom is -0.480 e. The van der Waals surface area contributed by atoms with Crippen LogP contribution >= 0.6 is 11.8 Å². The Bertz CT molecular complexity index is 529. The molecule has 0 spiro atoms. The van der Waals surface area contributed by atoms with Crippen molar-refractivity contribution in [3.05, 3.63) is 35.4 Å². The number of aliphatic carboxylic acids is 1. The lowest BCUT2D eigenvalue weighted by atomic mass is 9.98. The number of nitrogens with one attached hydrogen (secondary N) is 1. The highest BCUT2D eigenvalue weighted by Gasteiger charge is 2.48. The summed E-state index contributed by atoms with van der Waals surface area (Å²) in [6, 6.07) is 8.90. The van der Waals surface area contributed by atoms with Gasteiger partial charge in [-0.05, 0) is 50.2 Å². The van der Waals surface area contributed by atoms with Gasteiger partial charge in [0.25, 0.3) is 0 Å². The minimum atomic E-state index is -0.662. The van der Waals surface area contributed by atoms with Gasteiger partial charge < -0.3 is 5.11 Å². The maximum atomic E-state index is 11.7. The lowest BCUT2D eigenvalue weighted by molar-refractivity contribution is -0.144. The van der Waals surface area contributed by atoms with Crippen LogP contribution in [-0.2, 0) is 10.5 Å². The molecule has 0 radical (unpaired) electrons. The normalized spacial score (nSPS) is 28.7. The lowest BCUT2D eigenvalue weighted by Gasteiger charge is -2.26. The standard InChI is InChI=1S/C17H23NO2S/c1-12-4-2-3-5-13(12)11-21-15-8-9-17(10-15,16(19)20)18-14-6-7-14/h2-5,14-15,18H,6-11H2,1H3,(H,19,20). The van der Waals surface area contributed by atoms with E-state index < -0.39 is 11.5 Å². The van der Waals surface area contributed by atoms with Crippen molar-refractivity contribution in [2.45, 2.75) is 61.6 Å². The van der Waals surface area contributed by atoms with E-state index in [0.717, 1.165) is 37.9 Å². The zero-order chi connectivity index (χ0) is 14.9. The average Bonchev–Trinajstić information content (AvgIpc) is 3.16. The Balaban J connectivity index is 1.58. The molecule has 1 aromatic rings. The van der Waals surface area contributed by atoms with Crippen molar-refractivity contribution >= 4 is 17.7 Å². The fourth-order valence-electron chi connectivity index (χ4n) is 3.13. The van der Waals surface area contributed by atoms with Crippen LogP contribution in [0.5, 0.6) is 0 Å². The molecule has 1 aromatic carbocycles. The van der Waals surface area contributed by atoms with Crippen LogP contribution in [0.3, 0.4) is 0 Å². The zero-order valence-corrected chi connectivity index (χ0v) is 13.3. The van der Waals surface area contributed by atoms with Crippen LogP contribution in [0, 0.1) is 6.92 Å². The number of hydrogen-bond acceptors (Lipinski definition) is 3. The van der Waals surface area contributed by atoms with Gasteiger partial charge in [-0.15, -0.1) is 0 Å². The van der Waals surface area contributed by atoms with E-state index in [1.807, 2.05) is 11.8 Å². The van der Waals surface area contributed by atoms with Gasteiger partial charge in [0, 0.05) is 17.0 Å². The van der Waals surface area contributed by atoms with Crippen molar-refractivity contribution < 1.29 is 9.90 Å². The molecule has 2 aliphatic rings. The van der Waals surface area contributed by atoms with Gasteiger partial charge in [-0.2, -0.15) is 11.8 Å². The van der Waals surface area contributed by atoms with Crippen LogP contribution in [0.4, 0.5) is 0 Å². The average molecular weight is 305 g/mol. The Kier molecular flexibility index (Phi) is 4.27. The predicted octanol–water partition coefficient (Wildman–Crippen LogP) is 3.36. The van der Waals surface area contributed by atoms with Gasteiger partial charge in [0.2, 0.25) is 0 Å². The Morgan fingerprint density at radius 3 is 2.81 bits per heavy atom. The number of benzene rings is 1. The van der Waals surface area contributed by atoms with Gasteiger partial charge in [0.1, 0.15) is 5.54 Å². The summed E-state index contributed by atoms with van der Waals surface area (Å²) in [7, 11) is 0. The summed E-state index contributed by atoms with van der Waals surface area (Å²) >= 11 is 1.92. The summed E-state index contributed by atoms with van der Waals surface area (Å²) in [5.41, 5.74) is 2.03. The summed E-state index contributed by atoms with van der Waals surface area (Å²) in [5, 5.41) is 13.5. The lowest BCUT2D eigenvalue weighted by Crippen LogP contribution is -2.51. The molecule has 2 aliphatic carbocycles. The van der Waals surface area contributed by atoms with E-state index >= 15 is 0 Å². The van der Waals surface area contributed by atoms with Gasteiger partial charge in [-0.25, -0.2) is 0 Å². The first kappa shape index (κ1) is 14.9. The Morgan fingerprint density at radius 1 is 1.38 bits per heavy atom. The highest BCUT2D eigenvalue weighted by molar-refractivity contribution is 7.99. The SMILES string of the molecule is Cc1ccccc1CSC1CCC(NC2CC2)(C(=O)O)C1. The summed E-state index contributed by atoms with van der Waals surface area (Å²) in [6.07, 6.45) is 4.80. The first-order valence-electron chi connectivity index (χ1n) is 7.76. The molecule has 2 fully saturated rings. The molecule has 0 bridgehead atoms.